The van der Waals surface area contributed by atoms with E-state index in [4.69, 9.17) is 10.5 Å². The minimum Gasteiger partial charge on any atom is -0.457 e. The van der Waals surface area contributed by atoms with Crippen LogP contribution in [0.5, 0.6) is 11.5 Å². The number of likely N-dealkylation sites (N-methyl/N-ethyl adjacent to an activating group) is 1. The van der Waals surface area contributed by atoms with Crippen LogP contribution in [0.3, 0.4) is 0 Å². The number of nitriles is 1. The van der Waals surface area contributed by atoms with Crippen molar-refractivity contribution in [1.82, 2.24) is 24.3 Å². The zero-order valence-electron chi connectivity index (χ0n) is 23.9. The van der Waals surface area contributed by atoms with E-state index >= 15 is 0 Å². The predicted molar refractivity (Wildman–Crippen MR) is 160 cm³/mol. The number of ether oxygens (including phenoxy) is 1. The number of carbonyl (C=O) groups excluding carboxylic acids is 1. The van der Waals surface area contributed by atoms with Gasteiger partial charge in [0, 0.05) is 30.4 Å². The van der Waals surface area contributed by atoms with E-state index in [2.05, 4.69) is 16.0 Å². The van der Waals surface area contributed by atoms with Crippen molar-refractivity contribution in [1.29, 1.82) is 5.26 Å². The van der Waals surface area contributed by atoms with Gasteiger partial charge in [-0.05, 0) is 76.7 Å². The molecule has 210 valence electrons. The van der Waals surface area contributed by atoms with Gasteiger partial charge in [0.1, 0.15) is 40.9 Å². The molecule has 0 aliphatic carbocycles. The summed E-state index contributed by atoms with van der Waals surface area (Å²) < 4.78 is 8.01. The lowest BCUT2D eigenvalue weighted by atomic mass is 9.99. The van der Waals surface area contributed by atoms with Crippen LogP contribution in [0, 0.1) is 11.3 Å². The standard InChI is InChI=1S/C32H35N7O2/c1-32(2,37(3)4)17-23(18-33)31(40)39-16-8-9-24(39)19-38-20-27(28-29(34)35-21-36-30(28)38)22-12-14-26(15-13-22)41-25-10-6-5-7-11-25/h5-7,10-15,17,20-21,24H,8-9,16,19H2,1-4H3,(H2,34,35,36)/b23-17+/t24-/m1/s1. The maximum absolute atomic E-state index is 13.5. The SMILES string of the molecule is CN(C)C(C)(C)/C=C(\C#N)C(=O)N1CCC[C@@H]1Cn1cc(-c2ccc(Oc3ccccc3)cc2)c2c(N)ncnc21. The van der Waals surface area contributed by atoms with Crippen molar-refractivity contribution in [2.24, 2.45) is 0 Å². The van der Waals surface area contributed by atoms with Crippen LogP contribution in [-0.2, 0) is 11.3 Å². The van der Waals surface area contributed by atoms with Crippen LogP contribution < -0.4 is 10.5 Å². The van der Waals surface area contributed by atoms with E-state index in [9.17, 15) is 10.1 Å². The van der Waals surface area contributed by atoms with Crippen molar-refractivity contribution < 1.29 is 9.53 Å². The second-order valence-corrected chi connectivity index (χ2v) is 11.1. The molecule has 4 aromatic rings. The van der Waals surface area contributed by atoms with Gasteiger partial charge in [-0.15, -0.1) is 0 Å². The van der Waals surface area contributed by atoms with Crippen LogP contribution in [0.2, 0.25) is 0 Å². The minimum absolute atomic E-state index is 0.0805. The topological polar surface area (TPSA) is 113 Å². The Kier molecular flexibility index (Phi) is 7.77. The number of nitrogens with two attached hydrogens (primary N) is 1. The van der Waals surface area contributed by atoms with Crippen LogP contribution in [0.15, 0.2) is 78.8 Å². The lowest BCUT2D eigenvalue weighted by molar-refractivity contribution is -0.127. The average Bonchev–Trinajstić information content (AvgIpc) is 3.58. The summed E-state index contributed by atoms with van der Waals surface area (Å²) in [4.78, 5) is 26.2. The first-order chi connectivity index (χ1) is 19.7. The monoisotopic (exact) mass is 549 g/mol. The number of nitrogens with zero attached hydrogens (tertiary/aromatic N) is 6. The maximum atomic E-state index is 13.5. The van der Waals surface area contributed by atoms with Crippen molar-refractivity contribution in [3.05, 3.63) is 78.8 Å². The Balaban J connectivity index is 1.43. The van der Waals surface area contributed by atoms with E-state index in [0.29, 0.717) is 24.6 Å². The molecule has 9 heteroatoms. The molecule has 1 amide bonds. The predicted octanol–water partition coefficient (Wildman–Crippen LogP) is 5.25. The molecule has 1 aliphatic rings. The number of aromatic nitrogens is 3. The van der Waals surface area contributed by atoms with Gasteiger partial charge < -0.3 is 24.8 Å². The van der Waals surface area contributed by atoms with Gasteiger partial charge in [-0.2, -0.15) is 5.26 Å². The van der Waals surface area contributed by atoms with Crippen molar-refractivity contribution >= 4 is 22.8 Å². The summed E-state index contributed by atoms with van der Waals surface area (Å²) in [5, 5.41) is 10.6. The Morgan fingerprint density at radius 1 is 1.15 bits per heavy atom. The van der Waals surface area contributed by atoms with Gasteiger partial charge in [-0.25, -0.2) is 9.97 Å². The zero-order valence-corrected chi connectivity index (χ0v) is 23.9. The van der Waals surface area contributed by atoms with Crippen LogP contribution in [0.4, 0.5) is 5.82 Å². The van der Waals surface area contributed by atoms with Gasteiger partial charge in [0.2, 0.25) is 0 Å². The molecule has 1 fully saturated rings. The number of amides is 1. The fourth-order valence-corrected chi connectivity index (χ4v) is 5.13. The maximum Gasteiger partial charge on any atom is 0.264 e. The van der Waals surface area contributed by atoms with Crippen LogP contribution >= 0.6 is 0 Å². The Hall–Kier alpha value is -4.68. The summed E-state index contributed by atoms with van der Waals surface area (Å²) in [6.45, 7) is 5.11. The molecule has 5 rings (SSSR count). The van der Waals surface area contributed by atoms with Crippen LogP contribution in [0.1, 0.15) is 26.7 Å². The van der Waals surface area contributed by atoms with Gasteiger partial charge in [0.05, 0.1) is 11.4 Å². The molecule has 41 heavy (non-hydrogen) atoms. The van der Waals surface area contributed by atoms with Crippen molar-refractivity contribution in [2.45, 2.75) is 44.8 Å². The molecule has 0 saturated carbocycles. The molecule has 2 aromatic carbocycles. The van der Waals surface area contributed by atoms with E-state index in [0.717, 1.165) is 40.9 Å². The summed E-state index contributed by atoms with van der Waals surface area (Å²) in [5.41, 5.74) is 8.67. The van der Waals surface area contributed by atoms with Gasteiger partial charge in [0.25, 0.3) is 5.91 Å². The molecule has 0 bridgehead atoms. The quantitative estimate of drug-likeness (QED) is 0.236. The van der Waals surface area contributed by atoms with Crippen LogP contribution in [0.25, 0.3) is 22.2 Å². The molecule has 0 unspecified atom stereocenters. The first kappa shape index (κ1) is 27.9. The normalized spacial score (nSPS) is 15.9. The molecule has 1 aliphatic heterocycles. The molecule has 2 aromatic heterocycles. The number of rotatable bonds is 8. The lowest BCUT2D eigenvalue weighted by Gasteiger charge is -2.30. The fourth-order valence-electron chi connectivity index (χ4n) is 5.13. The van der Waals surface area contributed by atoms with Crippen molar-refractivity contribution in [3.63, 3.8) is 0 Å². The van der Waals surface area contributed by atoms with Crippen LogP contribution in [-0.4, -0.2) is 62.5 Å². The first-order valence-corrected chi connectivity index (χ1v) is 13.7. The van der Waals surface area contributed by atoms with E-state index in [1.165, 1.54) is 6.33 Å². The van der Waals surface area contributed by atoms with E-state index in [1.807, 2.05) is 103 Å². The Morgan fingerprint density at radius 3 is 2.54 bits per heavy atom. The summed E-state index contributed by atoms with van der Waals surface area (Å²) in [7, 11) is 3.86. The van der Waals surface area contributed by atoms with Gasteiger partial charge in [-0.1, -0.05) is 30.3 Å². The summed E-state index contributed by atoms with van der Waals surface area (Å²) in [6.07, 6.45) is 6.96. The van der Waals surface area contributed by atoms with Gasteiger partial charge in [0.15, 0.2) is 0 Å². The van der Waals surface area contributed by atoms with E-state index in [1.54, 1.807) is 6.08 Å². The minimum atomic E-state index is -0.433. The number of benzene rings is 2. The number of nitrogen functional groups attached to an aromatic ring is 1. The number of likely N-dealkylation sites (tertiary alicyclic amines) is 1. The second kappa shape index (κ2) is 11.4. The molecule has 1 saturated heterocycles. The smallest absolute Gasteiger partial charge is 0.264 e. The third kappa shape index (κ3) is 5.79. The van der Waals surface area contributed by atoms with Crippen molar-refractivity contribution in [2.75, 3.05) is 26.4 Å². The molecule has 3 heterocycles. The number of para-hydroxylation sites is 1. The van der Waals surface area contributed by atoms with Gasteiger partial charge in [-0.3, -0.25) is 4.79 Å². The molecule has 0 radical (unpaired) electrons. The van der Waals surface area contributed by atoms with E-state index in [-0.39, 0.29) is 17.5 Å². The average molecular weight is 550 g/mol. The summed E-state index contributed by atoms with van der Waals surface area (Å²) in [6, 6.07) is 19.5. The lowest BCUT2D eigenvalue weighted by Crippen LogP contribution is -2.41. The van der Waals surface area contributed by atoms with E-state index < -0.39 is 5.54 Å². The highest BCUT2D eigenvalue weighted by Gasteiger charge is 2.33. The van der Waals surface area contributed by atoms with Crippen molar-refractivity contribution in [3.8, 4) is 28.7 Å². The molecule has 2 N–H and O–H groups in total. The number of hydrogen-bond donors (Lipinski definition) is 1. The summed E-state index contributed by atoms with van der Waals surface area (Å²) in [5.74, 6) is 1.66. The Morgan fingerprint density at radius 2 is 1.85 bits per heavy atom. The summed E-state index contributed by atoms with van der Waals surface area (Å²) >= 11 is 0. The number of hydrogen-bond acceptors (Lipinski definition) is 7. The Bertz CT molecular complexity index is 1620. The number of carbonyl (C=O) groups is 1. The highest BCUT2D eigenvalue weighted by atomic mass is 16.5. The Labute approximate surface area is 240 Å². The first-order valence-electron chi connectivity index (χ1n) is 13.7. The number of anilines is 1. The third-order valence-corrected chi connectivity index (χ3v) is 7.87. The highest BCUT2D eigenvalue weighted by molar-refractivity contribution is 6.01. The highest BCUT2D eigenvalue weighted by Crippen LogP contribution is 2.35. The number of fused-ring (bicyclic) bond motifs is 1. The molecule has 1 atom stereocenters. The molecular formula is C32H35N7O2. The third-order valence-electron chi connectivity index (χ3n) is 7.87. The second-order valence-electron chi connectivity index (χ2n) is 11.1. The fraction of sp³-hybridized carbons (Fsp3) is 0.312. The zero-order chi connectivity index (χ0) is 29.1. The largest absolute Gasteiger partial charge is 0.457 e. The molecule has 9 nitrogen and oxygen atoms in total. The molecular weight excluding hydrogens is 514 g/mol. The molecule has 0 spiro atoms. The van der Waals surface area contributed by atoms with Gasteiger partial charge >= 0.3 is 0 Å².